The second-order valence-electron chi connectivity index (χ2n) is 4.30. The number of carbonyl (C=O) groups excluding carboxylic acids is 1. The van der Waals surface area contributed by atoms with Crippen molar-refractivity contribution in [2.75, 3.05) is 0 Å². The van der Waals surface area contributed by atoms with Crippen molar-refractivity contribution in [2.45, 2.75) is 6.18 Å². The van der Waals surface area contributed by atoms with Gasteiger partial charge in [-0.1, -0.05) is 15.9 Å². The minimum absolute atomic E-state index is 0.264. The number of nitrogens with zero attached hydrogens (tertiary/aromatic N) is 1. The number of allylic oxidation sites excluding steroid dienone is 1. The number of hydrogen-bond acceptors (Lipinski definition) is 4. The maximum atomic E-state index is 12.7. The Morgan fingerprint density at radius 3 is 2.39 bits per heavy atom. The monoisotopic (exact) mass is 387 g/mol. The molecule has 2 aromatic rings. The van der Waals surface area contributed by atoms with E-state index in [1.165, 1.54) is 24.3 Å². The number of benzene rings is 1. The van der Waals surface area contributed by atoms with Crippen molar-refractivity contribution in [2.24, 2.45) is 4.99 Å². The lowest BCUT2D eigenvalue weighted by molar-refractivity contribution is -0.165. The summed E-state index contributed by atoms with van der Waals surface area (Å²) < 4.78 is 43.6. The third-order valence-electron chi connectivity index (χ3n) is 2.68. The predicted molar refractivity (Wildman–Crippen MR) is 81.6 cm³/mol. The molecule has 0 spiro atoms. The van der Waals surface area contributed by atoms with E-state index in [1.54, 1.807) is 12.1 Å². The summed E-state index contributed by atoms with van der Waals surface area (Å²) >= 11 is 3.21. The summed E-state index contributed by atoms with van der Waals surface area (Å²) in [5, 5.41) is 9.89. The number of furan rings is 1. The van der Waals surface area contributed by atoms with Gasteiger partial charge in [-0.2, -0.15) is 13.2 Å². The zero-order chi connectivity index (χ0) is 17.0. The van der Waals surface area contributed by atoms with Crippen LogP contribution in [0.4, 0.5) is 18.9 Å². The molecule has 0 atom stereocenters. The van der Waals surface area contributed by atoms with Gasteiger partial charge in [0.2, 0.25) is 0 Å². The molecule has 0 unspecified atom stereocenters. The molecule has 0 fully saturated rings. The third kappa shape index (κ3) is 4.32. The first-order chi connectivity index (χ1) is 10.8. The molecule has 120 valence electrons. The van der Waals surface area contributed by atoms with E-state index in [1.807, 2.05) is 0 Å². The Hall–Kier alpha value is -2.35. The van der Waals surface area contributed by atoms with Crippen LogP contribution in [0.5, 0.6) is 0 Å². The molecule has 0 aliphatic rings. The zero-order valence-corrected chi connectivity index (χ0v) is 12.9. The number of alkyl halides is 3. The van der Waals surface area contributed by atoms with Gasteiger partial charge in [-0.05, 0) is 36.4 Å². The first-order valence-electron chi connectivity index (χ1n) is 6.17. The van der Waals surface area contributed by atoms with E-state index in [2.05, 4.69) is 20.9 Å². The molecule has 23 heavy (non-hydrogen) atoms. The fourth-order valence-electron chi connectivity index (χ4n) is 1.59. The van der Waals surface area contributed by atoms with Crippen molar-refractivity contribution in [1.82, 2.24) is 0 Å². The topological polar surface area (TPSA) is 62.8 Å². The van der Waals surface area contributed by atoms with Crippen LogP contribution in [0.15, 0.2) is 62.1 Å². The molecule has 1 aromatic heterocycles. The predicted octanol–water partition coefficient (Wildman–Crippen LogP) is 4.85. The Bertz CT molecular complexity index is 747. The molecule has 0 bridgehead atoms. The van der Waals surface area contributed by atoms with E-state index in [0.29, 0.717) is 11.9 Å². The van der Waals surface area contributed by atoms with Gasteiger partial charge in [0.1, 0.15) is 0 Å². The van der Waals surface area contributed by atoms with Crippen LogP contribution in [-0.4, -0.2) is 23.3 Å². The van der Waals surface area contributed by atoms with Gasteiger partial charge in [-0.3, -0.25) is 9.79 Å². The first-order valence-corrected chi connectivity index (χ1v) is 6.96. The van der Waals surface area contributed by atoms with Crippen LogP contribution < -0.4 is 0 Å². The highest BCUT2D eigenvalue weighted by Gasteiger charge is 2.42. The Morgan fingerprint density at radius 2 is 1.87 bits per heavy atom. The molecule has 4 nitrogen and oxygen atoms in total. The number of aliphatic imine (C=N–C) groups is 1. The number of aliphatic hydroxyl groups excluding tert-OH is 1. The summed E-state index contributed by atoms with van der Waals surface area (Å²) in [5.74, 6) is -3.41. The van der Waals surface area contributed by atoms with Gasteiger partial charge in [0, 0.05) is 10.7 Å². The first kappa shape index (κ1) is 17.0. The number of aliphatic hydroxyl groups is 1. The molecular formula is C15H9BrF3NO3. The fraction of sp³-hybridized carbons (Fsp3) is 0.0667. The summed E-state index contributed by atoms with van der Waals surface area (Å²) in [7, 11) is 0. The lowest BCUT2D eigenvalue weighted by Crippen LogP contribution is -2.26. The maximum absolute atomic E-state index is 12.7. The van der Waals surface area contributed by atoms with Crippen LogP contribution in [0.3, 0.4) is 0 Å². The standard InChI is InChI=1S/C15H9BrF3NO3/c16-9-3-5-10(6-4-9)20-8-11(14(22)15(17,18)19)13(21)12-2-1-7-23-12/h1-8,21H. The van der Waals surface area contributed by atoms with E-state index >= 15 is 0 Å². The van der Waals surface area contributed by atoms with Gasteiger partial charge < -0.3 is 9.52 Å². The van der Waals surface area contributed by atoms with Gasteiger partial charge in [-0.15, -0.1) is 0 Å². The summed E-state index contributed by atoms with van der Waals surface area (Å²) in [6, 6.07) is 8.92. The molecule has 1 heterocycles. The highest BCUT2D eigenvalue weighted by molar-refractivity contribution is 9.10. The lowest BCUT2D eigenvalue weighted by Gasteiger charge is -2.07. The van der Waals surface area contributed by atoms with Crippen LogP contribution >= 0.6 is 15.9 Å². The van der Waals surface area contributed by atoms with Gasteiger partial charge in [0.05, 0.1) is 17.5 Å². The molecule has 1 N–H and O–H groups in total. The molecule has 0 saturated carbocycles. The van der Waals surface area contributed by atoms with Crippen LogP contribution in [0.2, 0.25) is 0 Å². The van der Waals surface area contributed by atoms with Crippen molar-refractivity contribution in [3.05, 3.63) is 58.5 Å². The minimum Gasteiger partial charge on any atom is -0.504 e. The molecule has 0 radical (unpaired) electrons. The largest absolute Gasteiger partial charge is 0.504 e. The number of carbonyl (C=O) groups is 1. The third-order valence-corrected chi connectivity index (χ3v) is 3.21. The van der Waals surface area contributed by atoms with Crippen molar-refractivity contribution < 1.29 is 27.5 Å². The summed E-state index contributed by atoms with van der Waals surface area (Å²) in [6.45, 7) is 0. The maximum Gasteiger partial charge on any atom is 0.455 e. The van der Waals surface area contributed by atoms with E-state index in [0.717, 1.165) is 10.7 Å². The van der Waals surface area contributed by atoms with Crippen LogP contribution in [-0.2, 0) is 4.79 Å². The second-order valence-corrected chi connectivity index (χ2v) is 5.22. The van der Waals surface area contributed by atoms with Gasteiger partial charge in [0.25, 0.3) is 5.78 Å². The molecule has 0 amide bonds. The molecular weight excluding hydrogens is 379 g/mol. The molecule has 0 saturated heterocycles. The molecule has 8 heteroatoms. The average molecular weight is 388 g/mol. The highest BCUT2D eigenvalue weighted by Crippen LogP contribution is 2.26. The summed E-state index contributed by atoms with van der Waals surface area (Å²) in [6.07, 6.45) is -3.33. The van der Waals surface area contributed by atoms with E-state index in [9.17, 15) is 23.1 Å². The number of Topliss-reactive ketones (excluding diaryl/α,β-unsaturated/α-hetero) is 1. The molecule has 1 aromatic carbocycles. The van der Waals surface area contributed by atoms with Crippen molar-refractivity contribution >= 4 is 39.4 Å². The highest BCUT2D eigenvalue weighted by atomic mass is 79.9. The summed E-state index contributed by atoms with van der Waals surface area (Å²) in [4.78, 5) is 15.3. The quantitative estimate of drug-likeness (QED) is 0.463. The van der Waals surface area contributed by atoms with E-state index in [-0.39, 0.29) is 5.76 Å². The van der Waals surface area contributed by atoms with Crippen LogP contribution in [0.25, 0.3) is 5.76 Å². The Balaban J connectivity index is 2.44. The number of rotatable bonds is 4. The van der Waals surface area contributed by atoms with Crippen molar-refractivity contribution in [3.63, 3.8) is 0 Å². The Labute approximate surface area is 137 Å². The normalized spacial score (nSPS) is 13.2. The number of hydrogen-bond donors (Lipinski definition) is 1. The minimum atomic E-state index is -5.15. The number of ketones is 1. The lowest BCUT2D eigenvalue weighted by atomic mass is 10.1. The Morgan fingerprint density at radius 1 is 1.22 bits per heavy atom. The van der Waals surface area contributed by atoms with Crippen LogP contribution in [0.1, 0.15) is 5.76 Å². The smallest absolute Gasteiger partial charge is 0.455 e. The van der Waals surface area contributed by atoms with Gasteiger partial charge >= 0.3 is 6.18 Å². The van der Waals surface area contributed by atoms with Crippen LogP contribution in [0, 0.1) is 0 Å². The molecule has 0 aliphatic heterocycles. The molecule has 0 aliphatic carbocycles. The SMILES string of the molecule is O=C(C(C=Nc1ccc(Br)cc1)=C(O)c1ccco1)C(F)(F)F. The van der Waals surface area contributed by atoms with Crippen molar-refractivity contribution in [1.29, 1.82) is 0 Å². The number of halogens is 4. The molecule has 2 rings (SSSR count). The second kappa shape index (κ2) is 6.82. The van der Waals surface area contributed by atoms with E-state index < -0.39 is 23.3 Å². The van der Waals surface area contributed by atoms with Gasteiger partial charge in [0.15, 0.2) is 11.5 Å². The Kier molecular flexibility index (Phi) is 5.05. The van der Waals surface area contributed by atoms with E-state index in [4.69, 9.17) is 4.42 Å². The average Bonchev–Trinajstić information content (AvgIpc) is 3.02. The summed E-state index contributed by atoms with van der Waals surface area (Å²) in [5.41, 5.74) is -0.691. The zero-order valence-electron chi connectivity index (χ0n) is 11.3. The van der Waals surface area contributed by atoms with Gasteiger partial charge in [-0.25, -0.2) is 0 Å². The fourth-order valence-corrected chi connectivity index (χ4v) is 1.86. The van der Waals surface area contributed by atoms with Crippen molar-refractivity contribution in [3.8, 4) is 0 Å².